The quantitative estimate of drug-likeness (QED) is 0.467. The van der Waals surface area contributed by atoms with Crippen molar-refractivity contribution < 1.29 is 22.7 Å². The number of benzene rings is 1. The second-order valence-corrected chi connectivity index (χ2v) is 3.42. The summed E-state index contributed by atoms with van der Waals surface area (Å²) in [5.41, 5.74) is -0.910. The van der Waals surface area contributed by atoms with Crippen LogP contribution < -0.4 is 0 Å². The highest BCUT2D eigenvalue weighted by Crippen LogP contribution is 2.32. The Labute approximate surface area is 98.9 Å². The largest absolute Gasteiger partial charge is 0.462 e. The fourth-order valence-electron chi connectivity index (χ4n) is 0.987. The van der Waals surface area contributed by atoms with Crippen LogP contribution in [-0.2, 0) is 4.74 Å². The molecule has 0 atom stereocenters. The number of halogens is 5. The van der Waals surface area contributed by atoms with Crippen molar-refractivity contribution in [3.8, 4) is 0 Å². The van der Waals surface area contributed by atoms with Gasteiger partial charge in [0, 0.05) is 0 Å². The maximum absolute atomic E-state index is 13.4. The summed E-state index contributed by atoms with van der Waals surface area (Å²) in [7, 11) is 0. The Balaban J connectivity index is 3.45. The van der Waals surface area contributed by atoms with Crippen LogP contribution in [0.3, 0.4) is 0 Å². The lowest BCUT2D eigenvalue weighted by atomic mass is 10.2. The van der Waals surface area contributed by atoms with E-state index in [2.05, 4.69) is 4.74 Å². The van der Waals surface area contributed by atoms with E-state index in [4.69, 9.17) is 23.2 Å². The van der Waals surface area contributed by atoms with Crippen LogP contribution in [0.2, 0.25) is 10.0 Å². The first kappa shape index (κ1) is 13.1. The fraction of sp³-hybridized carbons (Fsp3) is 0.222. The fourth-order valence-corrected chi connectivity index (χ4v) is 1.41. The Morgan fingerprint density at radius 1 is 1.12 bits per heavy atom. The van der Waals surface area contributed by atoms with E-state index < -0.39 is 39.0 Å². The van der Waals surface area contributed by atoms with Crippen LogP contribution in [0.5, 0.6) is 0 Å². The van der Waals surface area contributed by atoms with Gasteiger partial charge in [0.15, 0.2) is 17.5 Å². The second-order valence-electron chi connectivity index (χ2n) is 2.67. The Kier molecular flexibility index (Phi) is 4.04. The van der Waals surface area contributed by atoms with Gasteiger partial charge >= 0.3 is 5.97 Å². The molecule has 0 unspecified atom stereocenters. The third-order valence-corrected chi connectivity index (χ3v) is 2.38. The second kappa shape index (κ2) is 4.93. The first-order chi connectivity index (χ1) is 7.41. The van der Waals surface area contributed by atoms with Crippen LogP contribution >= 0.6 is 23.2 Å². The number of carbonyl (C=O) groups excluding carboxylic acids is 1. The lowest BCUT2D eigenvalue weighted by Gasteiger charge is -2.08. The number of rotatable bonds is 2. The predicted molar refractivity (Wildman–Crippen MR) is 52.3 cm³/mol. The predicted octanol–water partition coefficient (Wildman–Crippen LogP) is 3.59. The number of hydrogen-bond acceptors (Lipinski definition) is 2. The van der Waals surface area contributed by atoms with Crippen molar-refractivity contribution in [2.45, 2.75) is 6.92 Å². The summed E-state index contributed by atoms with van der Waals surface area (Å²) in [6, 6.07) is 0. The molecule has 2 nitrogen and oxygen atoms in total. The molecule has 0 N–H and O–H groups in total. The van der Waals surface area contributed by atoms with E-state index >= 15 is 0 Å². The summed E-state index contributed by atoms with van der Waals surface area (Å²) in [5.74, 6) is -5.87. The van der Waals surface area contributed by atoms with Gasteiger partial charge < -0.3 is 4.74 Å². The summed E-state index contributed by atoms with van der Waals surface area (Å²) in [6.45, 7) is 1.40. The molecule has 0 saturated heterocycles. The Morgan fingerprint density at radius 2 is 1.62 bits per heavy atom. The van der Waals surface area contributed by atoms with E-state index in [0.29, 0.717) is 0 Å². The average Bonchev–Trinajstić information content (AvgIpc) is 2.24. The van der Waals surface area contributed by atoms with Gasteiger partial charge in [-0.25, -0.2) is 18.0 Å². The van der Waals surface area contributed by atoms with E-state index in [0.717, 1.165) is 0 Å². The van der Waals surface area contributed by atoms with Crippen LogP contribution in [0.4, 0.5) is 13.2 Å². The van der Waals surface area contributed by atoms with Gasteiger partial charge in [0.2, 0.25) is 0 Å². The normalized spacial score (nSPS) is 10.4. The molecule has 1 aromatic carbocycles. The van der Waals surface area contributed by atoms with Crippen molar-refractivity contribution in [1.29, 1.82) is 0 Å². The third-order valence-electron chi connectivity index (χ3n) is 1.69. The summed E-state index contributed by atoms with van der Waals surface area (Å²) in [4.78, 5) is 11.2. The molecular weight excluding hydrogens is 268 g/mol. The summed E-state index contributed by atoms with van der Waals surface area (Å²) >= 11 is 10.4. The SMILES string of the molecule is CCOC(=O)c1c(F)c(Cl)c(F)c(F)c1Cl. The third kappa shape index (κ3) is 2.10. The molecule has 0 aliphatic carbocycles. The molecule has 0 spiro atoms. The summed E-state index contributed by atoms with van der Waals surface area (Å²) < 4.78 is 43.7. The smallest absolute Gasteiger partial charge is 0.342 e. The van der Waals surface area contributed by atoms with Gasteiger partial charge in [0.1, 0.15) is 10.6 Å². The molecule has 1 aromatic rings. The minimum Gasteiger partial charge on any atom is -0.462 e. The molecule has 0 fully saturated rings. The highest BCUT2D eigenvalue weighted by Gasteiger charge is 2.27. The molecule has 1 rings (SSSR count). The van der Waals surface area contributed by atoms with Crippen molar-refractivity contribution in [1.82, 2.24) is 0 Å². The molecule has 0 bridgehead atoms. The zero-order valence-corrected chi connectivity index (χ0v) is 9.43. The standard InChI is InChI=1S/C9H5Cl2F3O2/c1-2-16-9(15)3-4(10)7(13)8(14)5(11)6(3)12/h2H2,1H3. The molecule has 0 radical (unpaired) electrons. The van der Waals surface area contributed by atoms with Crippen molar-refractivity contribution in [3.63, 3.8) is 0 Å². The van der Waals surface area contributed by atoms with Gasteiger partial charge in [-0.3, -0.25) is 0 Å². The molecule has 7 heteroatoms. The van der Waals surface area contributed by atoms with Gasteiger partial charge in [0.25, 0.3) is 0 Å². The molecule has 0 saturated carbocycles. The van der Waals surface area contributed by atoms with Crippen LogP contribution in [0.25, 0.3) is 0 Å². The molecule has 0 aromatic heterocycles. The van der Waals surface area contributed by atoms with Crippen molar-refractivity contribution in [2.24, 2.45) is 0 Å². The van der Waals surface area contributed by atoms with Crippen LogP contribution in [0.15, 0.2) is 0 Å². The van der Waals surface area contributed by atoms with Crippen molar-refractivity contribution in [3.05, 3.63) is 33.1 Å². The topological polar surface area (TPSA) is 26.3 Å². The highest BCUT2D eigenvalue weighted by atomic mass is 35.5. The zero-order valence-electron chi connectivity index (χ0n) is 7.91. The minimum absolute atomic E-state index is 0.0643. The summed E-state index contributed by atoms with van der Waals surface area (Å²) in [6.07, 6.45) is 0. The average molecular weight is 273 g/mol. The van der Waals surface area contributed by atoms with E-state index in [9.17, 15) is 18.0 Å². The lowest BCUT2D eigenvalue weighted by Crippen LogP contribution is -2.11. The first-order valence-electron chi connectivity index (χ1n) is 4.10. The van der Waals surface area contributed by atoms with Crippen LogP contribution in [0, 0.1) is 17.5 Å². The number of esters is 1. The maximum Gasteiger partial charge on any atom is 0.342 e. The Hall–Kier alpha value is -0.940. The Bertz CT molecular complexity index is 420. The first-order valence-corrected chi connectivity index (χ1v) is 4.85. The van der Waals surface area contributed by atoms with Gasteiger partial charge in [-0.05, 0) is 6.92 Å². The number of hydrogen-bond donors (Lipinski definition) is 0. The zero-order chi connectivity index (χ0) is 12.5. The van der Waals surface area contributed by atoms with Gasteiger partial charge in [-0.15, -0.1) is 0 Å². The van der Waals surface area contributed by atoms with E-state index in [1.165, 1.54) is 6.92 Å². The molecule has 16 heavy (non-hydrogen) atoms. The van der Waals surface area contributed by atoms with Gasteiger partial charge in [-0.1, -0.05) is 23.2 Å². The van der Waals surface area contributed by atoms with E-state index in [1.807, 2.05) is 0 Å². The molecular formula is C9H5Cl2F3O2. The van der Waals surface area contributed by atoms with Crippen molar-refractivity contribution >= 4 is 29.2 Å². The van der Waals surface area contributed by atoms with Gasteiger partial charge in [-0.2, -0.15) is 0 Å². The monoisotopic (exact) mass is 272 g/mol. The summed E-state index contributed by atoms with van der Waals surface area (Å²) in [5, 5.41) is -2.12. The van der Waals surface area contributed by atoms with Crippen LogP contribution in [0.1, 0.15) is 17.3 Å². The molecule has 0 heterocycles. The molecule has 88 valence electrons. The Morgan fingerprint density at radius 3 is 2.12 bits per heavy atom. The molecule has 0 amide bonds. The number of carbonyl (C=O) groups is 1. The maximum atomic E-state index is 13.4. The van der Waals surface area contributed by atoms with Gasteiger partial charge in [0.05, 0.1) is 11.6 Å². The van der Waals surface area contributed by atoms with E-state index in [1.54, 1.807) is 0 Å². The van der Waals surface area contributed by atoms with Crippen molar-refractivity contribution in [2.75, 3.05) is 6.61 Å². The molecule has 0 aliphatic rings. The lowest BCUT2D eigenvalue weighted by molar-refractivity contribution is 0.0520. The number of ether oxygens (including phenoxy) is 1. The minimum atomic E-state index is -1.64. The van der Waals surface area contributed by atoms with E-state index in [-0.39, 0.29) is 6.61 Å². The van der Waals surface area contributed by atoms with Crippen LogP contribution in [-0.4, -0.2) is 12.6 Å². The highest BCUT2D eigenvalue weighted by molar-refractivity contribution is 6.35. The molecule has 0 aliphatic heterocycles.